The Kier molecular flexibility index (Phi) is 4.98. The predicted molar refractivity (Wildman–Crippen MR) is 71.7 cm³/mol. The molecule has 17 heavy (non-hydrogen) atoms. The molecule has 98 valence electrons. The zero-order valence-corrected chi connectivity index (χ0v) is 12.0. The molecular formula is C12H23ClN4. The Labute approximate surface area is 108 Å². The van der Waals surface area contributed by atoms with Gasteiger partial charge in [0.15, 0.2) is 0 Å². The zero-order valence-electron chi connectivity index (χ0n) is 11.2. The molecule has 2 unspecified atom stereocenters. The molecule has 3 N–H and O–H groups in total. The standard InChI is InChI=1S/C12H23ClN4/c1-7(2)9(5)11(16-14)12-10(13)6-15-17(12)8(3)4/h6-9,11,16H,14H2,1-5H3. The lowest BCUT2D eigenvalue weighted by Gasteiger charge is -2.28. The molecule has 0 saturated carbocycles. The molecule has 0 aliphatic rings. The Morgan fingerprint density at radius 2 is 1.88 bits per heavy atom. The number of rotatable bonds is 5. The second-order valence-corrected chi connectivity index (χ2v) is 5.57. The van der Waals surface area contributed by atoms with Gasteiger partial charge in [-0.3, -0.25) is 16.0 Å². The van der Waals surface area contributed by atoms with Crippen molar-refractivity contribution in [2.75, 3.05) is 0 Å². The molecule has 0 spiro atoms. The maximum absolute atomic E-state index is 6.23. The molecule has 0 aromatic carbocycles. The van der Waals surface area contributed by atoms with Crippen LogP contribution in [0.5, 0.6) is 0 Å². The third kappa shape index (κ3) is 3.00. The summed E-state index contributed by atoms with van der Waals surface area (Å²) in [7, 11) is 0. The van der Waals surface area contributed by atoms with E-state index in [1.54, 1.807) is 6.20 Å². The Balaban J connectivity index is 3.15. The molecule has 1 rings (SSSR count). The van der Waals surface area contributed by atoms with Crippen molar-refractivity contribution in [3.63, 3.8) is 0 Å². The van der Waals surface area contributed by atoms with Gasteiger partial charge in [0, 0.05) is 6.04 Å². The third-order valence-electron chi connectivity index (χ3n) is 3.33. The van der Waals surface area contributed by atoms with Gasteiger partial charge in [-0.05, 0) is 25.7 Å². The maximum atomic E-state index is 6.23. The summed E-state index contributed by atoms with van der Waals surface area (Å²) in [6.45, 7) is 10.7. The maximum Gasteiger partial charge on any atom is 0.0834 e. The Hall–Kier alpha value is -0.580. The van der Waals surface area contributed by atoms with Gasteiger partial charge in [0.05, 0.1) is 23.0 Å². The van der Waals surface area contributed by atoms with E-state index in [4.69, 9.17) is 17.4 Å². The molecule has 1 heterocycles. The molecule has 0 aliphatic heterocycles. The largest absolute Gasteiger partial charge is 0.271 e. The molecule has 4 nitrogen and oxygen atoms in total. The molecule has 0 fully saturated rings. The fourth-order valence-corrected chi connectivity index (χ4v) is 2.17. The molecule has 5 heteroatoms. The highest BCUT2D eigenvalue weighted by Crippen LogP contribution is 2.32. The van der Waals surface area contributed by atoms with E-state index >= 15 is 0 Å². The number of hydrogen-bond donors (Lipinski definition) is 2. The van der Waals surface area contributed by atoms with Crippen LogP contribution >= 0.6 is 11.6 Å². The van der Waals surface area contributed by atoms with Crippen molar-refractivity contribution in [1.82, 2.24) is 15.2 Å². The summed E-state index contributed by atoms with van der Waals surface area (Å²) in [6.07, 6.45) is 1.69. The lowest BCUT2D eigenvalue weighted by atomic mass is 9.88. The van der Waals surface area contributed by atoms with Crippen molar-refractivity contribution in [3.8, 4) is 0 Å². The lowest BCUT2D eigenvalue weighted by Crippen LogP contribution is -2.36. The van der Waals surface area contributed by atoms with E-state index < -0.39 is 0 Å². The van der Waals surface area contributed by atoms with Crippen molar-refractivity contribution in [3.05, 3.63) is 16.9 Å². The minimum absolute atomic E-state index is 0.0207. The van der Waals surface area contributed by atoms with E-state index in [0.29, 0.717) is 16.9 Å². The van der Waals surface area contributed by atoms with E-state index in [9.17, 15) is 0 Å². The van der Waals surface area contributed by atoms with Gasteiger partial charge in [-0.25, -0.2) is 0 Å². The molecule has 0 bridgehead atoms. The van der Waals surface area contributed by atoms with Gasteiger partial charge in [-0.15, -0.1) is 0 Å². The Bertz CT molecular complexity index is 359. The summed E-state index contributed by atoms with van der Waals surface area (Å²) in [5, 5.41) is 4.99. The summed E-state index contributed by atoms with van der Waals surface area (Å²) in [6, 6.07) is 0.292. The fraction of sp³-hybridized carbons (Fsp3) is 0.750. The van der Waals surface area contributed by atoms with Gasteiger partial charge in [0.25, 0.3) is 0 Å². The monoisotopic (exact) mass is 258 g/mol. The second kappa shape index (κ2) is 5.85. The molecule has 0 aliphatic carbocycles. The molecule has 2 atom stereocenters. The van der Waals surface area contributed by atoms with Crippen LogP contribution in [0.1, 0.15) is 52.4 Å². The first-order chi connectivity index (χ1) is 7.90. The third-order valence-corrected chi connectivity index (χ3v) is 3.62. The Morgan fingerprint density at radius 3 is 2.29 bits per heavy atom. The fourth-order valence-electron chi connectivity index (χ4n) is 1.92. The average Bonchev–Trinajstić information content (AvgIpc) is 2.62. The lowest BCUT2D eigenvalue weighted by molar-refractivity contribution is 0.287. The summed E-state index contributed by atoms with van der Waals surface area (Å²) < 4.78 is 1.94. The van der Waals surface area contributed by atoms with Crippen LogP contribution in [0, 0.1) is 11.8 Å². The van der Waals surface area contributed by atoms with Crippen LogP contribution in [0.4, 0.5) is 0 Å². The van der Waals surface area contributed by atoms with Gasteiger partial charge >= 0.3 is 0 Å². The summed E-state index contributed by atoms with van der Waals surface area (Å²) >= 11 is 6.23. The minimum Gasteiger partial charge on any atom is -0.271 e. The van der Waals surface area contributed by atoms with Gasteiger partial charge < -0.3 is 0 Å². The quantitative estimate of drug-likeness (QED) is 0.631. The molecular weight excluding hydrogens is 236 g/mol. The van der Waals surface area contributed by atoms with Gasteiger partial charge in [0.2, 0.25) is 0 Å². The zero-order chi connectivity index (χ0) is 13.2. The van der Waals surface area contributed by atoms with Crippen LogP contribution in [-0.2, 0) is 0 Å². The molecule has 1 aromatic rings. The number of hydrogen-bond acceptors (Lipinski definition) is 3. The normalized spacial score (nSPS) is 15.6. The Morgan fingerprint density at radius 1 is 1.29 bits per heavy atom. The van der Waals surface area contributed by atoms with Crippen LogP contribution in [0.25, 0.3) is 0 Å². The first kappa shape index (κ1) is 14.5. The van der Waals surface area contributed by atoms with Crippen LogP contribution in [0.15, 0.2) is 6.20 Å². The smallest absolute Gasteiger partial charge is 0.0834 e. The van der Waals surface area contributed by atoms with Crippen molar-refractivity contribution in [1.29, 1.82) is 0 Å². The molecule has 0 radical (unpaired) electrons. The molecule has 1 aromatic heterocycles. The number of hydrazine groups is 1. The van der Waals surface area contributed by atoms with Crippen molar-refractivity contribution in [2.24, 2.45) is 17.7 Å². The first-order valence-corrected chi connectivity index (χ1v) is 6.47. The molecule has 0 amide bonds. The van der Waals surface area contributed by atoms with Gasteiger partial charge in [-0.2, -0.15) is 5.10 Å². The summed E-state index contributed by atoms with van der Waals surface area (Å²) in [5.41, 5.74) is 3.85. The van der Waals surface area contributed by atoms with Crippen LogP contribution in [0.2, 0.25) is 5.02 Å². The van der Waals surface area contributed by atoms with Crippen molar-refractivity contribution >= 4 is 11.6 Å². The highest BCUT2D eigenvalue weighted by atomic mass is 35.5. The van der Waals surface area contributed by atoms with E-state index in [1.165, 1.54) is 0 Å². The van der Waals surface area contributed by atoms with E-state index in [0.717, 1.165) is 5.69 Å². The highest BCUT2D eigenvalue weighted by Gasteiger charge is 2.27. The van der Waals surface area contributed by atoms with E-state index in [2.05, 4.69) is 45.1 Å². The predicted octanol–water partition coefficient (Wildman–Crippen LogP) is 2.91. The second-order valence-electron chi connectivity index (χ2n) is 5.16. The van der Waals surface area contributed by atoms with Crippen molar-refractivity contribution in [2.45, 2.75) is 46.7 Å². The van der Waals surface area contributed by atoms with Gasteiger partial charge in [-0.1, -0.05) is 32.4 Å². The number of aromatic nitrogens is 2. The number of nitrogens with one attached hydrogen (secondary N) is 1. The minimum atomic E-state index is 0.0207. The van der Waals surface area contributed by atoms with Crippen molar-refractivity contribution < 1.29 is 0 Å². The first-order valence-electron chi connectivity index (χ1n) is 6.09. The number of nitrogens with two attached hydrogens (primary N) is 1. The number of nitrogens with zero attached hydrogens (tertiary/aromatic N) is 2. The van der Waals surface area contributed by atoms with E-state index in [1.807, 2.05) is 4.68 Å². The average molecular weight is 259 g/mol. The van der Waals surface area contributed by atoms with E-state index in [-0.39, 0.29) is 12.1 Å². The van der Waals surface area contributed by atoms with Crippen LogP contribution in [0.3, 0.4) is 0 Å². The summed E-state index contributed by atoms with van der Waals surface area (Å²) in [5.74, 6) is 6.59. The topological polar surface area (TPSA) is 55.9 Å². The summed E-state index contributed by atoms with van der Waals surface area (Å²) in [4.78, 5) is 0. The molecule has 0 saturated heterocycles. The van der Waals surface area contributed by atoms with Gasteiger partial charge in [0.1, 0.15) is 0 Å². The SMILES string of the molecule is CC(C)C(C)C(NN)c1c(Cl)cnn1C(C)C. The number of halogens is 1. The van der Waals surface area contributed by atoms with Crippen LogP contribution in [-0.4, -0.2) is 9.78 Å². The highest BCUT2D eigenvalue weighted by molar-refractivity contribution is 6.31. The van der Waals surface area contributed by atoms with Crippen LogP contribution < -0.4 is 11.3 Å².